The highest BCUT2D eigenvalue weighted by molar-refractivity contribution is 9.09. The summed E-state index contributed by atoms with van der Waals surface area (Å²) in [6.07, 6.45) is 1.82. The van der Waals surface area contributed by atoms with E-state index in [9.17, 15) is 0 Å². The molecule has 1 aliphatic rings. The van der Waals surface area contributed by atoms with Gasteiger partial charge in [0.05, 0.1) is 6.54 Å². The summed E-state index contributed by atoms with van der Waals surface area (Å²) in [5.41, 5.74) is 0.322. The Labute approximate surface area is 98.8 Å². The quantitative estimate of drug-likeness (QED) is 0.783. The summed E-state index contributed by atoms with van der Waals surface area (Å²) in [6.45, 7) is 8.70. The van der Waals surface area contributed by atoms with Crippen molar-refractivity contribution in [3.63, 3.8) is 0 Å². The SMILES string of the molecule is CC(C)(CBr)CN1CCn2cnnc2C1. The summed E-state index contributed by atoms with van der Waals surface area (Å²) >= 11 is 3.56. The fourth-order valence-corrected chi connectivity index (χ4v) is 2.08. The minimum absolute atomic E-state index is 0.322. The fraction of sp³-hybridized carbons (Fsp3) is 0.800. The second-order valence-corrected chi connectivity index (χ2v) is 5.51. The van der Waals surface area contributed by atoms with Crippen molar-refractivity contribution in [2.75, 3.05) is 18.4 Å². The van der Waals surface area contributed by atoms with Crippen LogP contribution in [0.25, 0.3) is 0 Å². The van der Waals surface area contributed by atoms with Crippen LogP contribution in [-0.2, 0) is 13.1 Å². The Morgan fingerprint density at radius 3 is 3.00 bits per heavy atom. The molecule has 0 saturated carbocycles. The third-order valence-corrected chi connectivity index (χ3v) is 4.25. The van der Waals surface area contributed by atoms with Gasteiger partial charge in [-0.2, -0.15) is 0 Å². The molecule has 1 aromatic rings. The van der Waals surface area contributed by atoms with Crippen molar-refractivity contribution in [1.29, 1.82) is 0 Å². The van der Waals surface area contributed by atoms with Crippen LogP contribution in [0.3, 0.4) is 0 Å². The predicted molar refractivity (Wildman–Crippen MR) is 62.9 cm³/mol. The Hall–Kier alpha value is -0.420. The van der Waals surface area contributed by atoms with Gasteiger partial charge in [-0.05, 0) is 5.41 Å². The number of hydrogen-bond acceptors (Lipinski definition) is 3. The van der Waals surface area contributed by atoms with E-state index in [0.29, 0.717) is 5.41 Å². The van der Waals surface area contributed by atoms with Gasteiger partial charge in [0.25, 0.3) is 0 Å². The van der Waals surface area contributed by atoms with E-state index in [2.05, 4.69) is 49.4 Å². The van der Waals surface area contributed by atoms with E-state index in [1.165, 1.54) is 0 Å². The third kappa shape index (κ3) is 2.58. The molecule has 2 rings (SSSR count). The highest BCUT2D eigenvalue weighted by atomic mass is 79.9. The van der Waals surface area contributed by atoms with Crippen molar-refractivity contribution < 1.29 is 0 Å². The van der Waals surface area contributed by atoms with E-state index in [4.69, 9.17) is 0 Å². The lowest BCUT2D eigenvalue weighted by Crippen LogP contribution is -2.40. The van der Waals surface area contributed by atoms with Crippen LogP contribution in [0.15, 0.2) is 6.33 Å². The zero-order valence-corrected chi connectivity index (χ0v) is 10.9. The first kappa shape index (κ1) is 11.1. The van der Waals surface area contributed by atoms with Crippen molar-refractivity contribution >= 4 is 15.9 Å². The molecule has 0 N–H and O–H groups in total. The Morgan fingerprint density at radius 1 is 1.47 bits per heavy atom. The van der Waals surface area contributed by atoms with Crippen LogP contribution in [0.4, 0.5) is 0 Å². The second kappa shape index (κ2) is 4.22. The van der Waals surface area contributed by atoms with Gasteiger partial charge in [-0.25, -0.2) is 0 Å². The molecule has 15 heavy (non-hydrogen) atoms. The molecule has 0 aliphatic carbocycles. The van der Waals surface area contributed by atoms with E-state index >= 15 is 0 Å². The first-order valence-corrected chi connectivity index (χ1v) is 6.38. The van der Waals surface area contributed by atoms with Gasteiger partial charge in [0.2, 0.25) is 0 Å². The van der Waals surface area contributed by atoms with Crippen LogP contribution in [-0.4, -0.2) is 38.1 Å². The molecular formula is C10H17BrN4. The number of rotatable bonds is 3. The standard InChI is InChI=1S/C10H17BrN4/c1-10(2,6-11)7-14-3-4-15-8-12-13-9(15)5-14/h8H,3-7H2,1-2H3. The summed E-state index contributed by atoms with van der Waals surface area (Å²) in [5.74, 6) is 1.09. The molecule has 5 heteroatoms. The number of aromatic nitrogens is 3. The van der Waals surface area contributed by atoms with E-state index in [1.54, 1.807) is 0 Å². The maximum atomic E-state index is 4.12. The fourth-order valence-electron chi connectivity index (χ4n) is 1.90. The molecule has 0 amide bonds. The molecule has 0 atom stereocenters. The summed E-state index contributed by atoms with van der Waals surface area (Å²) in [4.78, 5) is 2.45. The van der Waals surface area contributed by atoms with Gasteiger partial charge in [0.1, 0.15) is 12.2 Å². The van der Waals surface area contributed by atoms with Gasteiger partial charge in [0, 0.05) is 25.0 Å². The van der Waals surface area contributed by atoms with Gasteiger partial charge >= 0.3 is 0 Å². The predicted octanol–water partition coefficient (Wildman–Crippen LogP) is 1.51. The molecule has 1 aliphatic heterocycles. The van der Waals surface area contributed by atoms with Crippen molar-refractivity contribution in [1.82, 2.24) is 19.7 Å². The average molecular weight is 273 g/mol. The normalized spacial score (nSPS) is 17.8. The first-order chi connectivity index (χ1) is 7.11. The summed E-state index contributed by atoms with van der Waals surface area (Å²) in [5, 5.41) is 9.09. The van der Waals surface area contributed by atoms with E-state index < -0.39 is 0 Å². The van der Waals surface area contributed by atoms with Crippen LogP contribution in [0.2, 0.25) is 0 Å². The maximum Gasteiger partial charge on any atom is 0.147 e. The van der Waals surface area contributed by atoms with Crippen molar-refractivity contribution in [3.05, 3.63) is 12.2 Å². The lowest BCUT2D eigenvalue weighted by atomic mass is 9.95. The highest BCUT2D eigenvalue weighted by Gasteiger charge is 2.24. The van der Waals surface area contributed by atoms with Crippen LogP contribution in [0.5, 0.6) is 0 Å². The Morgan fingerprint density at radius 2 is 2.27 bits per heavy atom. The lowest BCUT2D eigenvalue weighted by molar-refractivity contribution is 0.157. The number of alkyl halides is 1. The molecule has 84 valence electrons. The Balaban J connectivity index is 1.98. The molecule has 0 saturated heterocycles. The van der Waals surface area contributed by atoms with Crippen LogP contribution in [0.1, 0.15) is 19.7 Å². The van der Waals surface area contributed by atoms with Gasteiger partial charge in [0.15, 0.2) is 0 Å². The monoisotopic (exact) mass is 272 g/mol. The number of nitrogens with zero attached hydrogens (tertiary/aromatic N) is 4. The topological polar surface area (TPSA) is 34.0 Å². The summed E-state index contributed by atoms with van der Waals surface area (Å²) in [7, 11) is 0. The van der Waals surface area contributed by atoms with Crippen LogP contribution >= 0.6 is 15.9 Å². The third-order valence-electron chi connectivity index (χ3n) is 2.73. The van der Waals surface area contributed by atoms with Gasteiger partial charge in [-0.1, -0.05) is 29.8 Å². The largest absolute Gasteiger partial charge is 0.315 e. The molecule has 0 spiro atoms. The first-order valence-electron chi connectivity index (χ1n) is 5.26. The molecule has 0 aromatic carbocycles. The van der Waals surface area contributed by atoms with E-state index in [0.717, 1.165) is 37.3 Å². The van der Waals surface area contributed by atoms with E-state index in [1.807, 2.05) is 6.33 Å². The number of hydrogen-bond donors (Lipinski definition) is 0. The van der Waals surface area contributed by atoms with E-state index in [-0.39, 0.29) is 0 Å². The molecule has 0 bridgehead atoms. The smallest absolute Gasteiger partial charge is 0.147 e. The van der Waals surface area contributed by atoms with Crippen molar-refractivity contribution in [2.24, 2.45) is 5.41 Å². The van der Waals surface area contributed by atoms with Gasteiger partial charge in [-0.3, -0.25) is 4.90 Å². The summed E-state index contributed by atoms with van der Waals surface area (Å²) in [6, 6.07) is 0. The second-order valence-electron chi connectivity index (χ2n) is 4.95. The van der Waals surface area contributed by atoms with Crippen LogP contribution < -0.4 is 0 Å². The Bertz CT molecular complexity index is 334. The molecule has 4 nitrogen and oxygen atoms in total. The van der Waals surface area contributed by atoms with Gasteiger partial charge < -0.3 is 4.57 Å². The van der Waals surface area contributed by atoms with Crippen LogP contribution in [0, 0.1) is 5.41 Å². The molecule has 0 fully saturated rings. The molecule has 0 unspecified atom stereocenters. The number of halogens is 1. The van der Waals surface area contributed by atoms with Crippen molar-refractivity contribution in [2.45, 2.75) is 26.9 Å². The number of fused-ring (bicyclic) bond motifs is 1. The van der Waals surface area contributed by atoms with Gasteiger partial charge in [-0.15, -0.1) is 10.2 Å². The molecular weight excluding hydrogens is 256 g/mol. The minimum atomic E-state index is 0.322. The van der Waals surface area contributed by atoms with Crippen molar-refractivity contribution in [3.8, 4) is 0 Å². The lowest BCUT2D eigenvalue weighted by Gasteiger charge is -2.33. The average Bonchev–Trinajstić information content (AvgIpc) is 2.64. The zero-order chi connectivity index (χ0) is 10.9. The molecule has 2 heterocycles. The molecule has 1 aromatic heterocycles. The molecule has 0 radical (unpaired) electrons. The highest BCUT2D eigenvalue weighted by Crippen LogP contribution is 2.22. The zero-order valence-electron chi connectivity index (χ0n) is 9.28. The maximum absolute atomic E-state index is 4.12. The minimum Gasteiger partial charge on any atom is -0.315 e. The summed E-state index contributed by atoms with van der Waals surface area (Å²) < 4.78 is 2.14. The Kier molecular flexibility index (Phi) is 3.11.